The van der Waals surface area contributed by atoms with Crippen molar-refractivity contribution in [1.82, 2.24) is 29.7 Å². The second-order valence-electron chi connectivity index (χ2n) is 11.3. The van der Waals surface area contributed by atoms with Crippen LogP contribution in [0.1, 0.15) is 44.0 Å². The lowest BCUT2D eigenvalue weighted by atomic mass is 9.84. The molecule has 0 bridgehead atoms. The second kappa shape index (κ2) is 9.67. The Kier molecular flexibility index (Phi) is 6.51. The van der Waals surface area contributed by atoms with Crippen LogP contribution in [-0.4, -0.2) is 80.2 Å². The van der Waals surface area contributed by atoms with Crippen molar-refractivity contribution in [2.24, 2.45) is 5.41 Å². The van der Waals surface area contributed by atoms with Crippen LogP contribution in [0.5, 0.6) is 0 Å². The molecule has 8 nitrogen and oxygen atoms in total. The van der Waals surface area contributed by atoms with Crippen LogP contribution in [0.2, 0.25) is 0 Å². The van der Waals surface area contributed by atoms with E-state index in [4.69, 9.17) is 4.98 Å². The molecule has 0 radical (unpaired) electrons. The molecule has 1 aliphatic rings. The number of H-pyrrole nitrogens is 2. The van der Waals surface area contributed by atoms with Crippen molar-refractivity contribution in [2.45, 2.75) is 39.8 Å². The van der Waals surface area contributed by atoms with Gasteiger partial charge in [0.2, 0.25) is 5.91 Å². The van der Waals surface area contributed by atoms with Crippen LogP contribution in [0, 0.1) is 5.41 Å². The number of rotatable bonds is 5. The number of benzene rings is 2. The molecule has 3 heterocycles. The number of likely N-dealkylation sites (N-methyl/N-ethyl adjacent to an activating group) is 1. The number of nitrogens with one attached hydrogen (secondary N) is 2. The van der Waals surface area contributed by atoms with Crippen molar-refractivity contribution >= 4 is 39.4 Å². The van der Waals surface area contributed by atoms with E-state index < -0.39 is 11.5 Å². The van der Waals surface area contributed by atoms with Crippen LogP contribution >= 0.6 is 0 Å². The summed E-state index contributed by atoms with van der Waals surface area (Å²) in [7, 11) is 1.73. The smallest absolute Gasteiger partial charge is 0.270 e. The Morgan fingerprint density at radius 1 is 1.05 bits per heavy atom. The minimum atomic E-state index is -0.617. The number of hydrogen-bond acceptors (Lipinski definition) is 4. The predicted octanol–water partition coefficient (Wildman–Crippen LogP) is 4.73. The van der Waals surface area contributed by atoms with E-state index in [2.05, 4.69) is 28.4 Å². The zero-order valence-corrected chi connectivity index (χ0v) is 22.8. The highest BCUT2D eigenvalue weighted by Gasteiger charge is 2.42. The van der Waals surface area contributed by atoms with E-state index >= 15 is 0 Å². The van der Waals surface area contributed by atoms with Crippen molar-refractivity contribution in [3.63, 3.8) is 0 Å². The Morgan fingerprint density at radius 2 is 1.74 bits per heavy atom. The Morgan fingerprint density at radius 3 is 2.39 bits per heavy atom. The topological polar surface area (TPSA) is 88.3 Å². The van der Waals surface area contributed by atoms with Gasteiger partial charge in [0.1, 0.15) is 11.7 Å². The minimum absolute atomic E-state index is 0.0361. The maximum absolute atomic E-state index is 14.0. The van der Waals surface area contributed by atoms with Crippen LogP contribution in [-0.2, 0) is 4.79 Å². The summed E-state index contributed by atoms with van der Waals surface area (Å²) in [4.78, 5) is 44.5. The monoisotopic (exact) mass is 512 g/mol. The molecule has 1 unspecified atom stereocenters. The number of carbonyl (C=O) groups excluding carboxylic acids is 2. The van der Waals surface area contributed by atoms with Crippen molar-refractivity contribution < 1.29 is 9.59 Å². The molecule has 2 aromatic carbocycles. The fourth-order valence-electron chi connectivity index (χ4n) is 5.54. The number of aromatic amines is 2. The number of carbonyl (C=O) groups is 2. The molecule has 1 saturated heterocycles. The zero-order chi connectivity index (χ0) is 27.2. The largest absolute Gasteiger partial charge is 0.365 e. The number of fused-ring (bicyclic) bond motifs is 2. The van der Waals surface area contributed by atoms with Crippen molar-refractivity contribution in [1.29, 1.82) is 0 Å². The number of amides is 2. The number of para-hydroxylation sites is 3. The van der Waals surface area contributed by atoms with Gasteiger partial charge in [-0.25, -0.2) is 4.98 Å². The summed E-state index contributed by atoms with van der Waals surface area (Å²) < 4.78 is 0. The van der Waals surface area contributed by atoms with Crippen molar-refractivity contribution in [2.75, 3.05) is 26.7 Å². The Hall–Kier alpha value is -4.07. The fraction of sp³-hybridized carbons (Fsp3) is 0.367. The molecule has 0 saturated carbocycles. The number of aromatic nitrogens is 3. The molecular formula is C30H36N6O2. The zero-order valence-electron chi connectivity index (χ0n) is 22.8. The number of imidazole rings is 1. The Bertz CT molecular complexity index is 1440. The van der Waals surface area contributed by atoms with Gasteiger partial charge in [0.25, 0.3) is 5.91 Å². The van der Waals surface area contributed by atoms with Crippen LogP contribution in [0.4, 0.5) is 0 Å². The van der Waals surface area contributed by atoms with E-state index in [0.717, 1.165) is 33.5 Å². The lowest BCUT2D eigenvalue weighted by Gasteiger charge is -2.46. The van der Waals surface area contributed by atoms with Crippen LogP contribution in [0.3, 0.4) is 0 Å². The highest BCUT2D eigenvalue weighted by atomic mass is 16.2. The van der Waals surface area contributed by atoms with Crippen molar-refractivity contribution in [3.8, 4) is 0 Å². The average molecular weight is 513 g/mol. The standard InChI is InChI=1S/C30H36N6O2/c1-19-18-35(20(2)27-32-23-13-9-10-14-24(23)33-27)15-16-36(19)29(38)26(30(3,4)5)34(6)28(37)25-17-21-11-7-8-12-22(21)31-25/h7-14,17,19,26,31H,2,15-16,18H2,1,3-6H3,(H,32,33)/t19?,26-/m1/s1. The van der Waals surface area contributed by atoms with E-state index in [0.29, 0.717) is 25.3 Å². The molecule has 38 heavy (non-hydrogen) atoms. The summed E-state index contributed by atoms with van der Waals surface area (Å²) in [6.07, 6.45) is 0. The van der Waals surface area contributed by atoms with Gasteiger partial charge in [0.05, 0.1) is 16.7 Å². The lowest BCUT2D eigenvalue weighted by Crippen LogP contribution is -2.61. The summed E-state index contributed by atoms with van der Waals surface area (Å²) in [5, 5.41) is 0.970. The maximum atomic E-state index is 14.0. The molecule has 5 rings (SSSR count). The third-order valence-electron chi connectivity index (χ3n) is 7.48. The SMILES string of the molecule is C=C(c1nc2ccccc2[nH]1)N1CCN(C(=O)[C@@H](N(C)C(=O)c2cc3ccccc3[nH]2)C(C)(C)C)C(C)C1. The van der Waals surface area contributed by atoms with Gasteiger partial charge in [-0.3, -0.25) is 9.59 Å². The molecule has 2 aromatic heterocycles. The molecule has 2 atom stereocenters. The molecule has 4 aromatic rings. The Balaban J connectivity index is 1.32. The van der Waals surface area contributed by atoms with Gasteiger partial charge in [-0.05, 0) is 36.6 Å². The van der Waals surface area contributed by atoms with E-state index in [-0.39, 0.29) is 17.9 Å². The average Bonchev–Trinajstić information content (AvgIpc) is 3.51. The van der Waals surface area contributed by atoms with E-state index in [1.807, 2.05) is 80.3 Å². The van der Waals surface area contributed by atoms with Gasteiger partial charge in [-0.15, -0.1) is 0 Å². The normalized spacial score (nSPS) is 17.1. The fourth-order valence-corrected chi connectivity index (χ4v) is 5.54. The molecule has 198 valence electrons. The third-order valence-corrected chi connectivity index (χ3v) is 7.48. The highest BCUT2D eigenvalue weighted by molar-refractivity contribution is 6.00. The van der Waals surface area contributed by atoms with Gasteiger partial charge in [0.15, 0.2) is 5.82 Å². The van der Waals surface area contributed by atoms with Crippen LogP contribution in [0.15, 0.2) is 61.2 Å². The highest BCUT2D eigenvalue weighted by Crippen LogP contribution is 2.30. The number of nitrogens with zero attached hydrogens (tertiary/aromatic N) is 4. The third kappa shape index (κ3) is 4.66. The molecule has 2 N–H and O–H groups in total. The summed E-state index contributed by atoms with van der Waals surface area (Å²) >= 11 is 0. The molecule has 1 aliphatic heterocycles. The van der Waals surface area contributed by atoms with Gasteiger partial charge < -0.3 is 24.7 Å². The molecule has 1 fully saturated rings. The first-order chi connectivity index (χ1) is 18.0. The van der Waals surface area contributed by atoms with Crippen molar-refractivity contribution in [3.05, 3.63) is 72.7 Å². The molecule has 8 heteroatoms. The second-order valence-corrected chi connectivity index (χ2v) is 11.3. The minimum Gasteiger partial charge on any atom is -0.365 e. The molecule has 2 amide bonds. The van der Waals surface area contributed by atoms with Gasteiger partial charge in [-0.1, -0.05) is 57.7 Å². The maximum Gasteiger partial charge on any atom is 0.270 e. The van der Waals surface area contributed by atoms with Gasteiger partial charge >= 0.3 is 0 Å². The molecule has 0 aliphatic carbocycles. The first kappa shape index (κ1) is 25.6. The van der Waals surface area contributed by atoms with E-state index in [1.54, 1.807) is 11.9 Å². The van der Waals surface area contributed by atoms with E-state index in [1.165, 1.54) is 0 Å². The lowest BCUT2D eigenvalue weighted by molar-refractivity contribution is -0.143. The number of piperazine rings is 1. The van der Waals surface area contributed by atoms with Crippen LogP contribution < -0.4 is 0 Å². The quantitative estimate of drug-likeness (QED) is 0.405. The van der Waals surface area contributed by atoms with Crippen LogP contribution in [0.25, 0.3) is 27.6 Å². The number of hydrogen-bond donors (Lipinski definition) is 2. The van der Waals surface area contributed by atoms with Gasteiger partial charge in [-0.2, -0.15) is 0 Å². The summed E-state index contributed by atoms with van der Waals surface area (Å²) in [5.74, 6) is 0.513. The summed E-state index contributed by atoms with van der Waals surface area (Å²) in [6, 6.07) is 16.9. The Labute approximate surface area is 223 Å². The van der Waals surface area contributed by atoms with Gasteiger partial charge in [0, 0.05) is 43.6 Å². The first-order valence-corrected chi connectivity index (χ1v) is 13.1. The summed E-state index contributed by atoms with van der Waals surface area (Å²) in [5.41, 5.74) is 3.62. The molecule has 0 spiro atoms. The van der Waals surface area contributed by atoms with E-state index in [9.17, 15) is 9.59 Å². The molecular weight excluding hydrogens is 476 g/mol. The first-order valence-electron chi connectivity index (χ1n) is 13.1. The predicted molar refractivity (Wildman–Crippen MR) is 152 cm³/mol. The summed E-state index contributed by atoms with van der Waals surface area (Å²) in [6.45, 7) is 14.2.